The molecule has 0 saturated heterocycles. The van der Waals surface area contributed by atoms with Gasteiger partial charge in [-0.05, 0) is 61.7 Å². The minimum Gasteiger partial charge on any atom is -0.479 e. The average molecular weight is 477 g/mol. The largest absolute Gasteiger partial charge is 0.479 e. The zero-order valence-electron chi connectivity index (χ0n) is 19.8. The van der Waals surface area contributed by atoms with Crippen LogP contribution in [0.1, 0.15) is 33.7 Å². The number of amides is 2. The van der Waals surface area contributed by atoms with Gasteiger partial charge < -0.3 is 15.4 Å². The Hall–Kier alpha value is -4.34. The molecule has 0 unspecified atom stereocenters. The molecule has 0 atom stereocenters. The smallest absolute Gasteiger partial charge is 0.274 e. The summed E-state index contributed by atoms with van der Waals surface area (Å²) in [6, 6.07) is 8.71. The average Bonchev–Trinajstić information content (AvgIpc) is 3.16. The van der Waals surface area contributed by atoms with Gasteiger partial charge in [0.15, 0.2) is 5.65 Å². The van der Waals surface area contributed by atoms with E-state index in [0.29, 0.717) is 17.9 Å². The molecule has 2 amide bonds. The third-order valence-electron chi connectivity index (χ3n) is 5.72. The molecule has 0 bridgehead atoms. The Labute approximate surface area is 201 Å². The Morgan fingerprint density at radius 2 is 1.91 bits per heavy atom. The van der Waals surface area contributed by atoms with Crippen molar-refractivity contribution in [3.63, 3.8) is 0 Å². The highest BCUT2D eigenvalue weighted by atomic mass is 19.1. The molecule has 9 nitrogen and oxygen atoms in total. The number of hydrogen-bond acceptors (Lipinski definition) is 6. The van der Waals surface area contributed by atoms with Gasteiger partial charge in [0.25, 0.3) is 5.91 Å². The van der Waals surface area contributed by atoms with Gasteiger partial charge in [-0.15, -0.1) is 5.10 Å². The molecule has 0 aliphatic carbocycles. The number of halogens is 1. The van der Waals surface area contributed by atoms with Crippen LogP contribution in [0.2, 0.25) is 0 Å². The second-order valence-corrected chi connectivity index (χ2v) is 8.04. The predicted molar refractivity (Wildman–Crippen MR) is 130 cm³/mol. The standard InChI is InChI=1S/C25H25FN6O3/c1-14-17(15(2)28-23-22(14)25(35-4)31-32(23)3)9-11-21(33)29-20-13-16(26)8-10-18(20)30-24(34)19-7-5-6-12-27-19/h5-8,10,12-13H,9,11H2,1-4H3,(H,29,33)(H,30,34). The predicted octanol–water partition coefficient (Wildman–Crippen LogP) is 3.95. The molecule has 3 aromatic heterocycles. The minimum absolute atomic E-state index is 0.127. The number of aryl methyl sites for hydroxylation is 3. The summed E-state index contributed by atoms with van der Waals surface area (Å²) in [5, 5.41) is 10.5. The van der Waals surface area contributed by atoms with E-state index in [2.05, 4.69) is 25.7 Å². The van der Waals surface area contributed by atoms with Crippen molar-refractivity contribution in [2.45, 2.75) is 26.7 Å². The van der Waals surface area contributed by atoms with E-state index in [9.17, 15) is 14.0 Å². The Kier molecular flexibility index (Phi) is 6.72. The van der Waals surface area contributed by atoms with Crippen LogP contribution < -0.4 is 15.4 Å². The van der Waals surface area contributed by atoms with Crippen molar-refractivity contribution < 1.29 is 18.7 Å². The quantitative estimate of drug-likeness (QED) is 0.418. The first kappa shape index (κ1) is 23.8. The first-order valence-corrected chi connectivity index (χ1v) is 11.0. The number of carbonyl (C=O) groups excluding carboxylic acids is 2. The Bertz CT molecular complexity index is 1420. The fraction of sp³-hybridized carbons (Fsp3) is 0.240. The maximum atomic E-state index is 13.9. The van der Waals surface area contributed by atoms with Crippen LogP contribution in [0.5, 0.6) is 5.88 Å². The Morgan fingerprint density at radius 1 is 1.11 bits per heavy atom. The van der Waals surface area contributed by atoms with E-state index in [1.54, 1.807) is 37.0 Å². The minimum atomic E-state index is -0.541. The second kappa shape index (κ2) is 9.88. The van der Waals surface area contributed by atoms with Crippen molar-refractivity contribution in [1.82, 2.24) is 19.7 Å². The van der Waals surface area contributed by atoms with E-state index in [0.717, 1.165) is 28.3 Å². The van der Waals surface area contributed by atoms with Crippen molar-refractivity contribution in [3.8, 4) is 5.88 Å². The normalized spacial score (nSPS) is 10.9. The number of pyridine rings is 2. The molecular formula is C25H25FN6O3. The lowest BCUT2D eigenvalue weighted by molar-refractivity contribution is -0.116. The summed E-state index contributed by atoms with van der Waals surface area (Å²) in [6.45, 7) is 3.84. The van der Waals surface area contributed by atoms with Crippen molar-refractivity contribution in [3.05, 3.63) is 70.9 Å². The molecule has 3 heterocycles. The number of carbonyl (C=O) groups is 2. The van der Waals surface area contributed by atoms with Crippen LogP contribution >= 0.6 is 0 Å². The Balaban J connectivity index is 1.51. The topological polar surface area (TPSA) is 111 Å². The van der Waals surface area contributed by atoms with E-state index < -0.39 is 11.7 Å². The molecule has 0 radical (unpaired) electrons. The molecule has 4 aromatic rings. The van der Waals surface area contributed by atoms with Crippen LogP contribution in [0.15, 0.2) is 42.6 Å². The van der Waals surface area contributed by atoms with Gasteiger partial charge in [-0.25, -0.2) is 14.1 Å². The zero-order valence-corrected chi connectivity index (χ0v) is 19.8. The lowest BCUT2D eigenvalue weighted by atomic mass is 10.00. The molecule has 0 saturated carbocycles. The second-order valence-electron chi connectivity index (χ2n) is 8.04. The lowest BCUT2D eigenvalue weighted by Gasteiger charge is -2.14. The van der Waals surface area contributed by atoms with Crippen molar-refractivity contribution in [2.75, 3.05) is 17.7 Å². The van der Waals surface area contributed by atoms with Crippen LogP contribution in [0.25, 0.3) is 11.0 Å². The zero-order chi connectivity index (χ0) is 25.1. The fourth-order valence-corrected chi connectivity index (χ4v) is 3.97. The number of aromatic nitrogens is 4. The van der Waals surface area contributed by atoms with E-state index >= 15 is 0 Å². The maximum Gasteiger partial charge on any atom is 0.274 e. The number of nitrogens with zero attached hydrogens (tertiary/aromatic N) is 4. The number of hydrogen-bond donors (Lipinski definition) is 2. The molecule has 10 heteroatoms. The van der Waals surface area contributed by atoms with Gasteiger partial charge in [-0.3, -0.25) is 14.6 Å². The van der Waals surface area contributed by atoms with Crippen LogP contribution in [-0.4, -0.2) is 38.7 Å². The van der Waals surface area contributed by atoms with Gasteiger partial charge in [-0.1, -0.05) is 6.07 Å². The molecule has 0 spiro atoms. The van der Waals surface area contributed by atoms with Crippen molar-refractivity contribution >= 4 is 34.2 Å². The third-order valence-corrected chi connectivity index (χ3v) is 5.72. The van der Waals surface area contributed by atoms with Gasteiger partial charge in [0.1, 0.15) is 11.5 Å². The number of fused-ring (bicyclic) bond motifs is 1. The summed E-state index contributed by atoms with van der Waals surface area (Å²) in [6.07, 6.45) is 2.04. The number of ether oxygens (including phenoxy) is 1. The van der Waals surface area contributed by atoms with Crippen LogP contribution in [0.3, 0.4) is 0 Å². The summed E-state index contributed by atoms with van der Waals surface area (Å²) in [5.74, 6) is -0.864. The SMILES string of the molecule is COc1nn(C)c2nc(C)c(CCC(=O)Nc3cc(F)ccc3NC(=O)c3ccccn3)c(C)c12. The van der Waals surface area contributed by atoms with Crippen molar-refractivity contribution in [2.24, 2.45) is 7.05 Å². The molecule has 4 rings (SSSR count). The highest BCUT2D eigenvalue weighted by Gasteiger charge is 2.19. The van der Waals surface area contributed by atoms with Gasteiger partial charge >= 0.3 is 0 Å². The Morgan fingerprint density at radius 3 is 2.63 bits per heavy atom. The highest BCUT2D eigenvalue weighted by molar-refractivity contribution is 6.06. The third kappa shape index (κ3) is 4.96. The molecular weight excluding hydrogens is 451 g/mol. The number of anilines is 2. The van der Waals surface area contributed by atoms with Gasteiger partial charge in [0.05, 0.1) is 23.9 Å². The molecule has 35 heavy (non-hydrogen) atoms. The number of rotatable bonds is 7. The van der Waals surface area contributed by atoms with Crippen LogP contribution in [0, 0.1) is 19.7 Å². The first-order chi connectivity index (χ1) is 16.8. The van der Waals surface area contributed by atoms with Gasteiger partial charge in [-0.2, -0.15) is 0 Å². The maximum absolute atomic E-state index is 13.9. The van der Waals surface area contributed by atoms with Gasteiger partial charge in [0.2, 0.25) is 11.8 Å². The molecule has 0 fully saturated rings. The fourth-order valence-electron chi connectivity index (χ4n) is 3.97. The summed E-state index contributed by atoms with van der Waals surface area (Å²) in [4.78, 5) is 33.9. The highest BCUT2D eigenvalue weighted by Crippen LogP contribution is 2.31. The lowest BCUT2D eigenvalue weighted by Crippen LogP contribution is -2.18. The van der Waals surface area contributed by atoms with Crippen LogP contribution in [-0.2, 0) is 18.3 Å². The molecule has 2 N–H and O–H groups in total. The molecule has 1 aromatic carbocycles. The van der Waals surface area contributed by atoms with E-state index in [-0.39, 0.29) is 29.4 Å². The summed E-state index contributed by atoms with van der Waals surface area (Å²) in [5.41, 5.74) is 4.00. The number of methoxy groups -OCH3 is 1. The number of nitrogens with one attached hydrogen (secondary N) is 2. The van der Waals surface area contributed by atoms with Gasteiger partial charge in [0, 0.05) is 25.4 Å². The summed E-state index contributed by atoms with van der Waals surface area (Å²) < 4.78 is 21.0. The van der Waals surface area contributed by atoms with E-state index in [1.807, 2.05) is 13.8 Å². The summed E-state index contributed by atoms with van der Waals surface area (Å²) >= 11 is 0. The van der Waals surface area contributed by atoms with Crippen LogP contribution in [0.4, 0.5) is 15.8 Å². The first-order valence-electron chi connectivity index (χ1n) is 11.0. The van der Waals surface area contributed by atoms with Crippen molar-refractivity contribution in [1.29, 1.82) is 0 Å². The molecule has 0 aliphatic rings. The number of benzene rings is 1. The summed E-state index contributed by atoms with van der Waals surface area (Å²) in [7, 11) is 3.35. The molecule has 0 aliphatic heterocycles. The van der Waals surface area contributed by atoms with E-state index in [4.69, 9.17) is 4.74 Å². The molecule has 180 valence electrons. The van der Waals surface area contributed by atoms with E-state index in [1.165, 1.54) is 18.3 Å². The monoisotopic (exact) mass is 476 g/mol.